The van der Waals surface area contributed by atoms with Crippen molar-refractivity contribution in [2.24, 2.45) is 0 Å². The molecule has 34 heavy (non-hydrogen) atoms. The van der Waals surface area contributed by atoms with Gasteiger partial charge in [0.15, 0.2) is 11.5 Å². The van der Waals surface area contributed by atoms with E-state index in [2.05, 4.69) is 24.9 Å². The SMILES string of the molecule is CCCc1nc2ccc(F)c(Cl)c2c(=O)n1-c1ccc(C)c(Cl)c1.Nc1ncnc2nc[nH]c12. The van der Waals surface area contributed by atoms with Crippen LogP contribution in [-0.2, 0) is 6.42 Å². The van der Waals surface area contributed by atoms with Crippen molar-refractivity contribution in [3.8, 4) is 5.69 Å². The first-order valence-electron chi connectivity index (χ1n) is 10.4. The molecule has 0 amide bonds. The molecule has 0 unspecified atom stereocenters. The van der Waals surface area contributed by atoms with E-state index < -0.39 is 11.4 Å². The van der Waals surface area contributed by atoms with Gasteiger partial charge in [0.05, 0.1) is 27.9 Å². The second-order valence-corrected chi connectivity index (χ2v) is 8.25. The molecule has 174 valence electrons. The number of nitrogens with zero attached hydrogens (tertiary/aromatic N) is 5. The number of H-pyrrole nitrogens is 1. The number of rotatable bonds is 3. The number of hydrogen-bond donors (Lipinski definition) is 2. The number of nitrogen functional groups attached to an aromatic ring is 1. The number of aromatic nitrogens is 6. The first-order chi connectivity index (χ1) is 16.3. The minimum absolute atomic E-state index is 0.0771. The molecule has 0 aliphatic rings. The second-order valence-electron chi connectivity index (χ2n) is 7.47. The molecule has 5 aromatic rings. The van der Waals surface area contributed by atoms with Crippen LogP contribution in [0.5, 0.6) is 0 Å². The second kappa shape index (κ2) is 9.74. The molecule has 0 radical (unpaired) electrons. The highest BCUT2D eigenvalue weighted by Gasteiger charge is 2.17. The van der Waals surface area contributed by atoms with Crippen LogP contribution in [0, 0.1) is 12.7 Å². The van der Waals surface area contributed by atoms with Crippen molar-refractivity contribution in [3.63, 3.8) is 0 Å². The predicted molar refractivity (Wildman–Crippen MR) is 132 cm³/mol. The smallest absolute Gasteiger partial charge is 0.267 e. The molecular formula is C23H20Cl2FN7O. The maximum atomic E-state index is 13.8. The lowest BCUT2D eigenvalue weighted by molar-refractivity contribution is 0.629. The number of hydrogen-bond acceptors (Lipinski definition) is 6. The van der Waals surface area contributed by atoms with Gasteiger partial charge in [-0.05, 0) is 43.2 Å². The Hall–Kier alpha value is -3.56. The number of halogens is 3. The van der Waals surface area contributed by atoms with Gasteiger partial charge in [-0.15, -0.1) is 0 Å². The zero-order chi connectivity index (χ0) is 24.4. The molecule has 0 aliphatic carbocycles. The average molecular weight is 500 g/mol. The van der Waals surface area contributed by atoms with Gasteiger partial charge < -0.3 is 10.7 Å². The number of aromatic amines is 1. The summed E-state index contributed by atoms with van der Waals surface area (Å²) in [6.07, 6.45) is 4.34. The molecule has 0 aliphatic heterocycles. The summed E-state index contributed by atoms with van der Waals surface area (Å²) in [6.45, 7) is 3.88. The van der Waals surface area contributed by atoms with Crippen molar-refractivity contribution in [1.82, 2.24) is 29.5 Å². The van der Waals surface area contributed by atoms with Crippen LogP contribution in [0.1, 0.15) is 24.7 Å². The van der Waals surface area contributed by atoms with E-state index in [-0.39, 0.29) is 10.4 Å². The van der Waals surface area contributed by atoms with Crippen LogP contribution in [0.2, 0.25) is 10.0 Å². The van der Waals surface area contributed by atoms with Crippen LogP contribution in [0.25, 0.3) is 27.8 Å². The van der Waals surface area contributed by atoms with E-state index in [9.17, 15) is 9.18 Å². The molecule has 0 saturated carbocycles. The van der Waals surface area contributed by atoms with Crippen LogP contribution in [0.4, 0.5) is 10.2 Å². The zero-order valence-electron chi connectivity index (χ0n) is 18.3. The first-order valence-corrected chi connectivity index (χ1v) is 11.1. The van der Waals surface area contributed by atoms with Gasteiger partial charge >= 0.3 is 0 Å². The topological polar surface area (TPSA) is 115 Å². The number of imidazole rings is 1. The third-order valence-electron chi connectivity index (χ3n) is 5.14. The van der Waals surface area contributed by atoms with Gasteiger partial charge in [-0.2, -0.15) is 0 Å². The normalized spacial score (nSPS) is 11.0. The summed E-state index contributed by atoms with van der Waals surface area (Å²) in [4.78, 5) is 31.9. The number of aryl methyl sites for hydroxylation is 2. The van der Waals surface area contributed by atoms with E-state index in [1.54, 1.807) is 12.1 Å². The first kappa shape index (κ1) is 23.6. The van der Waals surface area contributed by atoms with Gasteiger partial charge in [-0.3, -0.25) is 9.36 Å². The molecule has 0 atom stereocenters. The average Bonchev–Trinajstić information content (AvgIpc) is 3.30. The minimum Gasteiger partial charge on any atom is -0.382 e. The number of fused-ring (bicyclic) bond motifs is 2. The van der Waals surface area contributed by atoms with Gasteiger partial charge in [0, 0.05) is 11.4 Å². The Morgan fingerprint density at radius 3 is 2.65 bits per heavy atom. The lowest BCUT2D eigenvalue weighted by Gasteiger charge is -2.14. The lowest BCUT2D eigenvalue weighted by Crippen LogP contribution is -2.24. The van der Waals surface area contributed by atoms with Gasteiger partial charge in [0.1, 0.15) is 23.5 Å². The maximum Gasteiger partial charge on any atom is 0.267 e. The van der Waals surface area contributed by atoms with Crippen LogP contribution in [0.3, 0.4) is 0 Å². The molecule has 8 nitrogen and oxygen atoms in total. The highest BCUT2D eigenvalue weighted by atomic mass is 35.5. The molecule has 5 rings (SSSR count). The Bertz CT molecular complexity index is 1570. The summed E-state index contributed by atoms with van der Waals surface area (Å²) in [5.41, 5.74) is 8.27. The molecule has 0 saturated heterocycles. The van der Waals surface area contributed by atoms with Crippen LogP contribution >= 0.6 is 23.2 Å². The van der Waals surface area contributed by atoms with Crippen molar-refractivity contribution in [2.45, 2.75) is 26.7 Å². The molecule has 2 aromatic carbocycles. The van der Waals surface area contributed by atoms with Gasteiger partial charge in [-0.25, -0.2) is 24.3 Å². The Labute approximate surface area is 203 Å². The number of nitrogens with one attached hydrogen (secondary N) is 1. The van der Waals surface area contributed by atoms with Gasteiger partial charge in [0.2, 0.25) is 0 Å². The molecule has 0 fully saturated rings. The summed E-state index contributed by atoms with van der Waals surface area (Å²) < 4.78 is 15.3. The highest BCUT2D eigenvalue weighted by molar-refractivity contribution is 6.35. The van der Waals surface area contributed by atoms with Gasteiger partial charge in [-0.1, -0.05) is 36.2 Å². The minimum atomic E-state index is -0.639. The fourth-order valence-electron chi connectivity index (χ4n) is 3.42. The van der Waals surface area contributed by atoms with Crippen molar-refractivity contribution >= 4 is 51.1 Å². The van der Waals surface area contributed by atoms with E-state index in [0.29, 0.717) is 45.5 Å². The Morgan fingerprint density at radius 2 is 1.94 bits per heavy atom. The summed E-state index contributed by atoms with van der Waals surface area (Å²) >= 11 is 12.2. The van der Waals surface area contributed by atoms with Crippen molar-refractivity contribution in [1.29, 1.82) is 0 Å². The standard InChI is InChI=1S/C18H15Cl2FN2O.C5H5N5/c1-3-4-15-22-14-8-7-13(21)17(20)16(14)18(24)23(15)11-6-5-10(2)12(19)9-11;6-4-3-5(9-1-7-3)10-2-8-4/h5-9H,3-4H2,1-2H3;1-2H,(H3,6,7,8,9,10). The van der Waals surface area contributed by atoms with E-state index in [1.807, 2.05) is 19.9 Å². The molecule has 0 spiro atoms. The lowest BCUT2D eigenvalue weighted by atomic mass is 10.2. The molecule has 3 aromatic heterocycles. The van der Waals surface area contributed by atoms with Crippen LogP contribution in [0.15, 0.2) is 47.8 Å². The number of anilines is 1. The predicted octanol–water partition coefficient (Wildman–Crippen LogP) is 5.03. The Balaban J connectivity index is 0.000000226. The van der Waals surface area contributed by atoms with E-state index in [1.165, 1.54) is 29.4 Å². The summed E-state index contributed by atoms with van der Waals surface area (Å²) in [7, 11) is 0. The van der Waals surface area contributed by atoms with Crippen LogP contribution in [-0.4, -0.2) is 29.5 Å². The van der Waals surface area contributed by atoms with Gasteiger partial charge in [0.25, 0.3) is 5.56 Å². The van der Waals surface area contributed by atoms with Crippen molar-refractivity contribution in [2.75, 3.05) is 5.73 Å². The van der Waals surface area contributed by atoms with Crippen molar-refractivity contribution < 1.29 is 4.39 Å². The summed E-state index contributed by atoms with van der Waals surface area (Å²) in [5, 5.41) is 0.417. The number of nitrogens with two attached hydrogens (primary N) is 1. The Morgan fingerprint density at radius 1 is 1.15 bits per heavy atom. The maximum absolute atomic E-state index is 13.8. The fourth-order valence-corrected chi connectivity index (χ4v) is 3.83. The summed E-state index contributed by atoms with van der Waals surface area (Å²) in [5.74, 6) is 0.389. The summed E-state index contributed by atoms with van der Waals surface area (Å²) in [6, 6.07) is 8.03. The van der Waals surface area contributed by atoms with Crippen molar-refractivity contribution in [3.05, 3.63) is 80.6 Å². The molecular weight excluding hydrogens is 480 g/mol. The molecule has 3 heterocycles. The van der Waals surface area contributed by atoms with E-state index >= 15 is 0 Å². The third kappa shape index (κ3) is 4.44. The quantitative estimate of drug-likeness (QED) is 0.359. The Kier molecular flexibility index (Phi) is 6.76. The van der Waals surface area contributed by atoms with Crippen LogP contribution < -0.4 is 11.3 Å². The highest BCUT2D eigenvalue weighted by Crippen LogP contribution is 2.25. The monoisotopic (exact) mass is 499 g/mol. The van der Waals surface area contributed by atoms with E-state index in [0.717, 1.165) is 12.0 Å². The van der Waals surface area contributed by atoms with E-state index in [4.69, 9.17) is 28.9 Å². The largest absolute Gasteiger partial charge is 0.382 e. The molecule has 11 heteroatoms. The number of benzene rings is 2. The molecule has 3 N–H and O–H groups in total. The zero-order valence-corrected chi connectivity index (χ0v) is 19.8. The third-order valence-corrected chi connectivity index (χ3v) is 5.91. The molecule has 0 bridgehead atoms. The fraction of sp³-hybridized carbons (Fsp3) is 0.174.